The summed E-state index contributed by atoms with van der Waals surface area (Å²) in [6, 6.07) is 8.05. The van der Waals surface area contributed by atoms with Crippen LogP contribution >= 0.6 is 0 Å². The van der Waals surface area contributed by atoms with Crippen molar-refractivity contribution in [2.45, 2.75) is 13.7 Å². The fourth-order valence-corrected chi connectivity index (χ4v) is 1.63. The highest BCUT2D eigenvalue weighted by atomic mass is 16.5. The average molecular weight is 218 g/mol. The molecule has 1 aromatic carbocycles. The molecule has 0 atom stereocenters. The number of esters is 1. The van der Waals surface area contributed by atoms with Crippen LogP contribution in [0.1, 0.15) is 6.92 Å². The maximum atomic E-state index is 10.7. The number of benzene rings is 1. The molecule has 4 nitrogen and oxygen atoms in total. The number of carbonyl (C=O) groups excluding carboxylic acids is 1. The van der Waals surface area contributed by atoms with Gasteiger partial charge in [0.15, 0.2) is 6.73 Å². The maximum absolute atomic E-state index is 10.7. The molecular formula is C12H14N2O2. The Balaban J connectivity index is 2.30. The van der Waals surface area contributed by atoms with E-state index in [2.05, 4.69) is 11.4 Å². The van der Waals surface area contributed by atoms with E-state index in [1.807, 2.05) is 36.0 Å². The molecule has 4 heteroatoms. The molecule has 0 spiro atoms. The second kappa shape index (κ2) is 4.26. The number of fused-ring (bicyclic) bond motifs is 1. The van der Waals surface area contributed by atoms with Crippen molar-refractivity contribution >= 4 is 22.6 Å². The Bertz CT molecular complexity index is 517. The second-order valence-corrected chi connectivity index (χ2v) is 3.57. The Labute approximate surface area is 93.8 Å². The summed E-state index contributed by atoms with van der Waals surface area (Å²) in [6.45, 7) is 1.67. The summed E-state index contributed by atoms with van der Waals surface area (Å²) >= 11 is 0. The Morgan fingerprint density at radius 1 is 1.44 bits per heavy atom. The Kier molecular flexibility index (Phi) is 2.81. The zero-order chi connectivity index (χ0) is 11.5. The molecule has 16 heavy (non-hydrogen) atoms. The van der Waals surface area contributed by atoms with Gasteiger partial charge in [-0.05, 0) is 24.3 Å². The minimum atomic E-state index is -0.270. The fraction of sp³-hybridized carbons (Fsp3) is 0.250. The quantitative estimate of drug-likeness (QED) is 0.803. The van der Waals surface area contributed by atoms with Gasteiger partial charge < -0.3 is 14.6 Å². The zero-order valence-corrected chi connectivity index (χ0v) is 9.36. The highest BCUT2D eigenvalue weighted by Gasteiger charge is 2.02. The number of anilines is 1. The third-order valence-corrected chi connectivity index (χ3v) is 2.47. The van der Waals surface area contributed by atoms with Crippen LogP contribution < -0.4 is 5.32 Å². The lowest BCUT2D eigenvalue weighted by Gasteiger charge is -2.06. The van der Waals surface area contributed by atoms with Crippen molar-refractivity contribution in [3.8, 4) is 0 Å². The number of carbonyl (C=O) groups is 1. The van der Waals surface area contributed by atoms with E-state index in [0.29, 0.717) is 0 Å². The molecule has 0 saturated heterocycles. The van der Waals surface area contributed by atoms with Crippen molar-refractivity contribution in [3.63, 3.8) is 0 Å². The highest BCUT2D eigenvalue weighted by Crippen LogP contribution is 2.20. The molecule has 0 bridgehead atoms. The Morgan fingerprint density at radius 3 is 2.94 bits per heavy atom. The number of ether oxygens (including phenoxy) is 1. The van der Waals surface area contributed by atoms with Gasteiger partial charge >= 0.3 is 5.97 Å². The smallest absolute Gasteiger partial charge is 0.304 e. The number of hydrogen-bond donors (Lipinski definition) is 1. The molecular weight excluding hydrogens is 204 g/mol. The van der Waals surface area contributed by atoms with Gasteiger partial charge in [-0.3, -0.25) is 4.79 Å². The molecule has 2 aromatic rings. The van der Waals surface area contributed by atoms with Gasteiger partial charge in [-0.2, -0.15) is 0 Å². The van der Waals surface area contributed by atoms with Crippen LogP contribution in [0.4, 0.5) is 5.69 Å². The number of aromatic nitrogens is 1. The van der Waals surface area contributed by atoms with E-state index in [1.54, 1.807) is 0 Å². The van der Waals surface area contributed by atoms with Gasteiger partial charge in [-0.15, -0.1) is 0 Å². The molecule has 0 aliphatic heterocycles. The summed E-state index contributed by atoms with van der Waals surface area (Å²) in [5.41, 5.74) is 2.12. The predicted octanol–water partition coefficient (Wildman–Crippen LogP) is 2.20. The summed E-state index contributed by atoms with van der Waals surface area (Å²) in [5, 5.41) is 4.21. The molecule has 1 aromatic heterocycles. The predicted molar refractivity (Wildman–Crippen MR) is 63.3 cm³/mol. The summed E-state index contributed by atoms with van der Waals surface area (Å²) in [6.07, 6.45) is 1.91. The van der Waals surface area contributed by atoms with Crippen LogP contribution in [0.25, 0.3) is 10.9 Å². The van der Waals surface area contributed by atoms with Gasteiger partial charge in [0.1, 0.15) is 0 Å². The third-order valence-electron chi connectivity index (χ3n) is 2.47. The molecule has 0 fully saturated rings. The van der Waals surface area contributed by atoms with Gasteiger partial charge in [0.05, 0.1) is 5.52 Å². The standard InChI is InChI=1S/C12H14N2O2/c1-9(15)16-8-14-6-5-10-7-11(13-2)3-4-12(10)14/h3-7,13H,8H2,1-2H3. The van der Waals surface area contributed by atoms with E-state index in [9.17, 15) is 4.79 Å². The van der Waals surface area contributed by atoms with Crippen LogP contribution in [0, 0.1) is 0 Å². The largest absolute Gasteiger partial charge is 0.444 e. The van der Waals surface area contributed by atoms with Gasteiger partial charge in [0, 0.05) is 31.2 Å². The first-order valence-electron chi connectivity index (χ1n) is 5.10. The minimum absolute atomic E-state index is 0.262. The summed E-state index contributed by atoms with van der Waals surface area (Å²) in [4.78, 5) is 10.7. The van der Waals surface area contributed by atoms with Crippen molar-refractivity contribution in [2.24, 2.45) is 0 Å². The monoisotopic (exact) mass is 218 g/mol. The summed E-state index contributed by atoms with van der Waals surface area (Å²) in [7, 11) is 1.89. The SMILES string of the molecule is CNc1ccc2c(ccn2COC(C)=O)c1. The van der Waals surface area contributed by atoms with E-state index >= 15 is 0 Å². The number of nitrogens with zero attached hydrogens (tertiary/aromatic N) is 1. The lowest BCUT2D eigenvalue weighted by Crippen LogP contribution is -2.04. The lowest BCUT2D eigenvalue weighted by atomic mass is 10.2. The van der Waals surface area contributed by atoms with E-state index in [-0.39, 0.29) is 12.7 Å². The summed E-state index contributed by atoms with van der Waals surface area (Å²) < 4.78 is 6.86. The minimum Gasteiger partial charge on any atom is -0.444 e. The van der Waals surface area contributed by atoms with E-state index in [1.165, 1.54) is 6.92 Å². The molecule has 2 rings (SSSR count). The molecule has 0 aliphatic rings. The van der Waals surface area contributed by atoms with Crippen LogP contribution in [0.2, 0.25) is 0 Å². The number of nitrogens with one attached hydrogen (secondary N) is 1. The van der Waals surface area contributed by atoms with Gasteiger partial charge in [0.25, 0.3) is 0 Å². The average Bonchev–Trinajstić information content (AvgIpc) is 2.68. The van der Waals surface area contributed by atoms with Gasteiger partial charge in [-0.25, -0.2) is 0 Å². The molecule has 0 saturated carbocycles. The first kappa shape index (κ1) is 10.5. The van der Waals surface area contributed by atoms with E-state index in [0.717, 1.165) is 16.6 Å². The van der Waals surface area contributed by atoms with E-state index in [4.69, 9.17) is 4.74 Å². The van der Waals surface area contributed by atoms with Crippen molar-refractivity contribution in [1.82, 2.24) is 4.57 Å². The normalized spacial score (nSPS) is 10.4. The highest BCUT2D eigenvalue weighted by molar-refractivity contribution is 5.83. The number of hydrogen-bond acceptors (Lipinski definition) is 3. The van der Waals surface area contributed by atoms with Crippen LogP contribution in [0.5, 0.6) is 0 Å². The van der Waals surface area contributed by atoms with Crippen molar-refractivity contribution in [2.75, 3.05) is 12.4 Å². The van der Waals surface area contributed by atoms with Crippen molar-refractivity contribution in [3.05, 3.63) is 30.5 Å². The Morgan fingerprint density at radius 2 is 2.25 bits per heavy atom. The third kappa shape index (κ3) is 2.00. The molecule has 84 valence electrons. The second-order valence-electron chi connectivity index (χ2n) is 3.57. The number of rotatable bonds is 3. The molecule has 0 amide bonds. The van der Waals surface area contributed by atoms with Crippen molar-refractivity contribution in [1.29, 1.82) is 0 Å². The molecule has 0 unspecified atom stereocenters. The maximum Gasteiger partial charge on any atom is 0.304 e. The van der Waals surface area contributed by atoms with Gasteiger partial charge in [-0.1, -0.05) is 0 Å². The van der Waals surface area contributed by atoms with Crippen LogP contribution in [-0.4, -0.2) is 17.6 Å². The van der Waals surface area contributed by atoms with Crippen molar-refractivity contribution < 1.29 is 9.53 Å². The fourth-order valence-electron chi connectivity index (χ4n) is 1.63. The van der Waals surface area contributed by atoms with Crippen LogP contribution in [-0.2, 0) is 16.3 Å². The van der Waals surface area contributed by atoms with Gasteiger partial charge in [0.2, 0.25) is 0 Å². The van der Waals surface area contributed by atoms with Crippen LogP contribution in [0.3, 0.4) is 0 Å². The topological polar surface area (TPSA) is 43.3 Å². The first-order chi connectivity index (χ1) is 7.70. The summed E-state index contributed by atoms with van der Waals surface area (Å²) in [5.74, 6) is -0.270. The molecule has 1 heterocycles. The Hall–Kier alpha value is -1.97. The lowest BCUT2D eigenvalue weighted by molar-refractivity contribution is -0.144. The first-order valence-corrected chi connectivity index (χ1v) is 5.10. The molecule has 0 aliphatic carbocycles. The molecule has 0 radical (unpaired) electrons. The molecule has 1 N–H and O–H groups in total. The van der Waals surface area contributed by atoms with E-state index < -0.39 is 0 Å². The van der Waals surface area contributed by atoms with Crippen LogP contribution in [0.15, 0.2) is 30.5 Å². The zero-order valence-electron chi connectivity index (χ0n) is 9.36.